The molecule has 0 aromatic heterocycles. The molecule has 1 unspecified atom stereocenters. The SMILES string of the molecule is COC1COc2c[c]ccc2O1. The zero-order valence-corrected chi connectivity index (χ0v) is 6.74. The predicted molar refractivity (Wildman–Crippen MR) is 42.2 cm³/mol. The maximum absolute atomic E-state index is 5.41. The van der Waals surface area contributed by atoms with Crippen LogP contribution in [-0.4, -0.2) is 20.0 Å². The first-order valence-electron chi connectivity index (χ1n) is 3.72. The van der Waals surface area contributed by atoms with E-state index in [0.717, 1.165) is 5.75 Å². The van der Waals surface area contributed by atoms with Crippen LogP contribution >= 0.6 is 0 Å². The lowest BCUT2D eigenvalue weighted by atomic mass is 10.3. The van der Waals surface area contributed by atoms with Gasteiger partial charge in [0.05, 0.1) is 0 Å². The fourth-order valence-electron chi connectivity index (χ4n) is 1.06. The average molecular weight is 165 g/mol. The minimum atomic E-state index is -0.292. The van der Waals surface area contributed by atoms with E-state index in [1.54, 1.807) is 25.3 Å². The second-order valence-corrected chi connectivity index (χ2v) is 2.47. The van der Waals surface area contributed by atoms with Crippen LogP contribution in [0, 0.1) is 6.07 Å². The maximum atomic E-state index is 5.41. The molecule has 12 heavy (non-hydrogen) atoms. The van der Waals surface area contributed by atoms with Crippen molar-refractivity contribution in [3.8, 4) is 11.5 Å². The molecule has 1 heterocycles. The summed E-state index contributed by atoms with van der Waals surface area (Å²) < 4.78 is 15.8. The third kappa shape index (κ3) is 1.23. The van der Waals surface area contributed by atoms with Crippen LogP contribution in [0.5, 0.6) is 11.5 Å². The van der Waals surface area contributed by atoms with E-state index in [0.29, 0.717) is 12.4 Å². The van der Waals surface area contributed by atoms with Crippen LogP contribution in [0.15, 0.2) is 18.2 Å². The number of benzene rings is 1. The Morgan fingerprint density at radius 1 is 1.58 bits per heavy atom. The van der Waals surface area contributed by atoms with Crippen molar-refractivity contribution in [2.75, 3.05) is 13.7 Å². The van der Waals surface area contributed by atoms with Crippen molar-refractivity contribution in [3.63, 3.8) is 0 Å². The van der Waals surface area contributed by atoms with E-state index in [-0.39, 0.29) is 6.29 Å². The van der Waals surface area contributed by atoms with Crippen LogP contribution in [0.1, 0.15) is 0 Å². The van der Waals surface area contributed by atoms with Gasteiger partial charge in [0, 0.05) is 7.11 Å². The highest BCUT2D eigenvalue weighted by molar-refractivity contribution is 5.39. The molecule has 2 rings (SSSR count). The van der Waals surface area contributed by atoms with Crippen LogP contribution < -0.4 is 9.47 Å². The van der Waals surface area contributed by atoms with E-state index >= 15 is 0 Å². The van der Waals surface area contributed by atoms with Gasteiger partial charge in [-0.15, -0.1) is 0 Å². The Balaban J connectivity index is 2.23. The molecular weight excluding hydrogens is 156 g/mol. The number of rotatable bonds is 1. The Morgan fingerprint density at radius 3 is 3.33 bits per heavy atom. The summed E-state index contributed by atoms with van der Waals surface area (Å²) in [6, 6.07) is 8.24. The number of hydrogen-bond donors (Lipinski definition) is 0. The molecule has 1 atom stereocenters. The summed E-state index contributed by atoms with van der Waals surface area (Å²) in [7, 11) is 1.59. The summed E-state index contributed by atoms with van der Waals surface area (Å²) in [5, 5.41) is 0. The van der Waals surface area contributed by atoms with Crippen molar-refractivity contribution in [2.45, 2.75) is 6.29 Å². The minimum Gasteiger partial charge on any atom is -0.483 e. The van der Waals surface area contributed by atoms with Gasteiger partial charge in [-0.2, -0.15) is 0 Å². The number of methoxy groups -OCH3 is 1. The average Bonchev–Trinajstić information content (AvgIpc) is 2.17. The molecular formula is C9H9O3. The Hall–Kier alpha value is -1.22. The quantitative estimate of drug-likeness (QED) is 0.626. The third-order valence-corrected chi connectivity index (χ3v) is 1.68. The lowest BCUT2D eigenvalue weighted by Gasteiger charge is -2.24. The molecule has 0 aliphatic carbocycles. The van der Waals surface area contributed by atoms with Crippen LogP contribution in [0.25, 0.3) is 0 Å². The maximum Gasteiger partial charge on any atom is 0.234 e. The van der Waals surface area contributed by atoms with Crippen molar-refractivity contribution >= 4 is 0 Å². The molecule has 0 N–H and O–H groups in total. The number of ether oxygens (including phenoxy) is 3. The Morgan fingerprint density at radius 2 is 2.50 bits per heavy atom. The monoisotopic (exact) mass is 165 g/mol. The Kier molecular flexibility index (Phi) is 1.87. The van der Waals surface area contributed by atoms with Crippen molar-refractivity contribution < 1.29 is 14.2 Å². The summed E-state index contributed by atoms with van der Waals surface area (Å²) in [6.07, 6.45) is -0.292. The van der Waals surface area contributed by atoms with E-state index in [1.807, 2.05) is 0 Å². The standard InChI is InChI=1S/C9H9O3/c1-10-9-6-11-7-4-2-3-5-8(7)12-9/h3-5,9H,6H2,1H3. The Bertz CT molecular complexity index is 272. The minimum absolute atomic E-state index is 0.292. The molecule has 1 radical (unpaired) electrons. The van der Waals surface area contributed by atoms with E-state index in [2.05, 4.69) is 6.07 Å². The fraction of sp³-hybridized carbons (Fsp3) is 0.333. The van der Waals surface area contributed by atoms with Crippen LogP contribution in [-0.2, 0) is 4.74 Å². The summed E-state index contributed by atoms with van der Waals surface area (Å²) in [4.78, 5) is 0. The molecule has 0 spiro atoms. The highest BCUT2D eigenvalue weighted by Gasteiger charge is 2.19. The molecule has 1 aliphatic heterocycles. The van der Waals surface area contributed by atoms with Gasteiger partial charge in [0.15, 0.2) is 18.1 Å². The molecule has 63 valence electrons. The molecule has 3 heteroatoms. The van der Waals surface area contributed by atoms with Crippen LogP contribution in [0.3, 0.4) is 0 Å². The van der Waals surface area contributed by atoms with E-state index < -0.39 is 0 Å². The molecule has 3 nitrogen and oxygen atoms in total. The van der Waals surface area contributed by atoms with Gasteiger partial charge in [-0.25, -0.2) is 0 Å². The smallest absolute Gasteiger partial charge is 0.234 e. The highest BCUT2D eigenvalue weighted by atomic mass is 16.7. The lowest BCUT2D eigenvalue weighted by Crippen LogP contribution is -2.30. The Labute approximate surface area is 70.9 Å². The first kappa shape index (κ1) is 7.43. The normalized spacial score (nSPS) is 20.6. The van der Waals surface area contributed by atoms with Gasteiger partial charge in [0.1, 0.15) is 0 Å². The molecule has 0 amide bonds. The largest absolute Gasteiger partial charge is 0.483 e. The topological polar surface area (TPSA) is 27.7 Å². The van der Waals surface area contributed by atoms with Crippen molar-refractivity contribution in [3.05, 3.63) is 24.3 Å². The van der Waals surface area contributed by atoms with Crippen molar-refractivity contribution in [1.29, 1.82) is 0 Å². The van der Waals surface area contributed by atoms with Gasteiger partial charge in [-0.05, 0) is 18.2 Å². The molecule has 0 saturated heterocycles. The van der Waals surface area contributed by atoms with Crippen molar-refractivity contribution in [2.24, 2.45) is 0 Å². The summed E-state index contributed by atoms with van der Waals surface area (Å²) in [5.41, 5.74) is 0. The van der Waals surface area contributed by atoms with Crippen molar-refractivity contribution in [1.82, 2.24) is 0 Å². The molecule has 1 aromatic carbocycles. The van der Waals surface area contributed by atoms with Gasteiger partial charge in [-0.1, -0.05) is 6.07 Å². The van der Waals surface area contributed by atoms with E-state index in [1.165, 1.54) is 0 Å². The molecule has 0 saturated carbocycles. The fourth-order valence-corrected chi connectivity index (χ4v) is 1.06. The number of hydrogen-bond acceptors (Lipinski definition) is 3. The van der Waals surface area contributed by atoms with E-state index in [9.17, 15) is 0 Å². The van der Waals surface area contributed by atoms with Crippen LogP contribution in [0.2, 0.25) is 0 Å². The second kappa shape index (κ2) is 3.03. The number of fused-ring (bicyclic) bond motifs is 1. The van der Waals surface area contributed by atoms with Gasteiger partial charge >= 0.3 is 0 Å². The zero-order valence-electron chi connectivity index (χ0n) is 6.74. The van der Waals surface area contributed by atoms with Gasteiger partial charge < -0.3 is 14.2 Å². The van der Waals surface area contributed by atoms with Gasteiger partial charge in [0.2, 0.25) is 6.29 Å². The van der Waals surface area contributed by atoms with Gasteiger partial charge in [0.25, 0.3) is 0 Å². The zero-order chi connectivity index (χ0) is 8.39. The first-order chi connectivity index (χ1) is 5.90. The first-order valence-corrected chi connectivity index (χ1v) is 3.72. The molecule has 0 fully saturated rings. The summed E-state index contributed by atoms with van der Waals surface area (Å²) in [6.45, 7) is 0.432. The molecule has 0 bridgehead atoms. The predicted octanol–water partition coefficient (Wildman–Crippen LogP) is 1.23. The summed E-state index contributed by atoms with van der Waals surface area (Å²) >= 11 is 0. The van der Waals surface area contributed by atoms with Gasteiger partial charge in [-0.3, -0.25) is 0 Å². The molecule has 1 aliphatic rings. The van der Waals surface area contributed by atoms with Crippen LogP contribution in [0.4, 0.5) is 0 Å². The summed E-state index contributed by atoms with van der Waals surface area (Å²) in [5.74, 6) is 1.44. The highest BCUT2D eigenvalue weighted by Crippen LogP contribution is 2.30. The van der Waals surface area contributed by atoms with E-state index in [4.69, 9.17) is 14.2 Å². The second-order valence-electron chi connectivity index (χ2n) is 2.47. The lowest BCUT2D eigenvalue weighted by molar-refractivity contribution is -0.0943. The molecule has 1 aromatic rings. The third-order valence-electron chi connectivity index (χ3n) is 1.68.